The van der Waals surface area contributed by atoms with Crippen LogP contribution in [0.1, 0.15) is 15.5 Å². The van der Waals surface area contributed by atoms with Crippen LogP contribution in [0.25, 0.3) is 22.5 Å². The van der Waals surface area contributed by atoms with Gasteiger partial charge in [0.1, 0.15) is 11.4 Å². The number of carbonyl (C=O) groups excluding carboxylic acids is 1. The Labute approximate surface area is 140 Å². The SMILES string of the molecule is Cc1nc(-c2nnc(NC(=O)c3ccc4ccccc4n3)o2)cs1. The number of nitrogens with zero attached hydrogens (tertiary/aromatic N) is 4. The van der Waals surface area contributed by atoms with Crippen LogP contribution in [-0.2, 0) is 0 Å². The molecule has 0 bridgehead atoms. The summed E-state index contributed by atoms with van der Waals surface area (Å²) in [6.45, 7) is 1.89. The average Bonchev–Trinajstić information content (AvgIpc) is 3.23. The van der Waals surface area contributed by atoms with Gasteiger partial charge in [-0.3, -0.25) is 10.1 Å². The van der Waals surface area contributed by atoms with E-state index in [4.69, 9.17) is 4.42 Å². The van der Waals surface area contributed by atoms with E-state index in [0.29, 0.717) is 5.69 Å². The maximum Gasteiger partial charge on any atom is 0.322 e. The van der Waals surface area contributed by atoms with E-state index in [1.54, 1.807) is 6.07 Å². The number of pyridine rings is 1. The third-order valence-electron chi connectivity index (χ3n) is 3.31. The number of benzene rings is 1. The molecule has 0 aliphatic rings. The molecular weight excluding hydrogens is 326 g/mol. The van der Waals surface area contributed by atoms with Crippen molar-refractivity contribution in [2.24, 2.45) is 0 Å². The summed E-state index contributed by atoms with van der Waals surface area (Å²) in [5, 5.41) is 13.9. The molecule has 0 radical (unpaired) electrons. The molecule has 24 heavy (non-hydrogen) atoms. The predicted octanol–water partition coefficient (Wildman–Crippen LogP) is 3.30. The fourth-order valence-corrected chi connectivity index (χ4v) is 2.78. The van der Waals surface area contributed by atoms with Crippen molar-refractivity contribution in [2.75, 3.05) is 5.32 Å². The molecule has 0 spiro atoms. The molecule has 0 saturated carbocycles. The van der Waals surface area contributed by atoms with Gasteiger partial charge in [0, 0.05) is 10.8 Å². The Hall–Kier alpha value is -3.13. The van der Waals surface area contributed by atoms with Crippen LogP contribution < -0.4 is 5.32 Å². The van der Waals surface area contributed by atoms with Gasteiger partial charge < -0.3 is 4.42 Å². The lowest BCUT2D eigenvalue weighted by atomic mass is 10.2. The van der Waals surface area contributed by atoms with Crippen molar-refractivity contribution in [2.45, 2.75) is 6.92 Å². The molecule has 7 nitrogen and oxygen atoms in total. The first-order valence-electron chi connectivity index (χ1n) is 7.12. The first-order valence-corrected chi connectivity index (χ1v) is 8.00. The molecule has 3 heterocycles. The molecular formula is C16H11N5O2S. The smallest absolute Gasteiger partial charge is 0.322 e. The Balaban J connectivity index is 1.56. The van der Waals surface area contributed by atoms with Gasteiger partial charge in [0.05, 0.1) is 10.5 Å². The summed E-state index contributed by atoms with van der Waals surface area (Å²) in [4.78, 5) is 20.9. The zero-order valence-corrected chi connectivity index (χ0v) is 13.4. The lowest BCUT2D eigenvalue weighted by Crippen LogP contribution is -2.13. The molecule has 1 amide bonds. The number of fused-ring (bicyclic) bond motifs is 1. The van der Waals surface area contributed by atoms with Gasteiger partial charge >= 0.3 is 6.01 Å². The van der Waals surface area contributed by atoms with Gasteiger partial charge in [-0.05, 0) is 19.1 Å². The van der Waals surface area contributed by atoms with Crippen LogP contribution in [0.5, 0.6) is 0 Å². The Kier molecular flexibility index (Phi) is 3.51. The number of hydrogen-bond donors (Lipinski definition) is 1. The Morgan fingerprint density at radius 3 is 2.83 bits per heavy atom. The zero-order chi connectivity index (χ0) is 16.5. The molecule has 4 aromatic rings. The predicted molar refractivity (Wildman–Crippen MR) is 89.8 cm³/mol. The highest BCUT2D eigenvalue weighted by Gasteiger charge is 2.15. The van der Waals surface area contributed by atoms with Crippen molar-refractivity contribution in [3.8, 4) is 11.6 Å². The molecule has 0 atom stereocenters. The molecule has 1 N–H and O–H groups in total. The van der Waals surface area contributed by atoms with Crippen molar-refractivity contribution in [3.63, 3.8) is 0 Å². The lowest BCUT2D eigenvalue weighted by molar-refractivity contribution is 0.102. The molecule has 8 heteroatoms. The summed E-state index contributed by atoms with van der Waals surface area (Å²) in [7, 11) is 0. The van der Waals surface area contributed by atoms with Crippen LogP contribution in [0, 0.1) is 6.92 Å². The van der Waals surface area contributed by atoms with Crippen molar-refractivity contribution in [1.82, 2.24) is 20.2 Å². The molecule has 0 saturated heterocycles. The van der Waals surface area contributed by atoms with Crippen LogP contribution in [0.4, 0.5) is 6.01 Å². The van der Waals surface area contributed by atoms with Crippen LogP contribution in [0.3, 0.4) is 0 Å². The highest BCUT2D eigenvalue weighted by atomic mass is 32.1. The molecule has 0 fully saturated rings. The summed E-state index contributed by atoms with van der Waals surface area (Å²) in [6, 6.07) is 11.1. The van der Waals surface area contributed by atoms with Gasteiger partial charge in [-0.1, -0.05) is 29.4 Å². The topological polar surface area (TPSA) is 93.8 Å². The third kappa shape index (κ3) is 2.74. The van der Waals surface area contributed by atoms with Crippen molar-refractivity contribution < 1.29 is 9.21 Å². The maximum absolute atomic E-state index is 12.3. The van der Waals surface area contributed by atoms with Gasteiger partial charge in [0.25, 0.3) is 11.8 Å². The summed E-state index contributed by atoms with van der Waals surface area (Å²) >= 11 is 1.48. The fraction of sp³-hybridized carbons (Fsp3) is 0.0625. The molecule has 0 unspecified atom stereocenters. The van der Waals surface area contributed by atoms with E-state index in [1.165, 1.54) is 11.3 Å². The second-order valence-electron chi connectivity index (χ2n) is 5.01. The highest BCUT2D eigenvalue weighted by Crippen LogP contribution is 2.22. The van der Waals surface area contributed by atoms with Gasteiger partial charge in [-0.2, -0.15) is 0 Å². The minimum absolute atomic E-state index is 0.00983. The average molecular weight is 337 g/mol. The number of anilines is 1. The summed E-state index contributed by atoms with van der Waals surface area (Å²) < 4.78 is 5.42. The van der Waals surface area contributed by atoms with Gasteiger partial charge in [-0.25, -0.2) is 9.97 Å². The second kappa shape index (κ2) is 5.82. The van der Waals surface area contributed by atoms with Crippen molar-refractivity contribution in [3.05, 3.63) is 52.5 Å². The third-order valence-corrected chi connectivity index (χ3v) is 4.09. The van der Waals surface area contributed by atoms with Crippen LogP contribution in [0.15, 0.2) is 46.2 Å². The summed E-state index contributed by atoms with van der Waals surface area (Å²) in [5.41, 5.74) is 1.61. The van der Waals surface area contributed by atoms with E-state index in [2.05, 4.69) is 25.5 Å². The molecule has 1 aromatic carbocycles. The Morgan fingerprint density at radius 2 is 2.00 bits per heavy atom. The number of aromatic nitrogens is 4. The van der Waals surface area contributed by atoms with E-state index in [1.807, 2.05) is 42.6 Å². The van der Waals surface area contributed by atoms with Gasteiger partial charge in [-0.15, -0.1) is 16.4 Å². The van der Waals surface area contributed by atoms with Crippen LogP contribution in [-0.4, -0.2) is 26.1 Å². The Morgan fingerprint density at radius 1 is 1.12 bits per heavy atom. The first kappa shape index (κ1) is 14.5. The minimum Gasteiger partial charge on any atom is -0.401 e. The van der Waals surface area contributed by atoms with E-state index in [-0.39, 0.29) is 17.6 Å². The van der Waals surface area contributed by atoms with E-state index >= 15 is 0 Å². The number of rotatable bonds is 3. The number of amides is 1. The highest BCUT2D eigenvalue weighted by molar-refractivity contribution is 7.09. The van der Waals surface area contributed by atoms with E-state index in [9.17, 15) is 4.79 Å². The maximum atomic E-state index is 12.3. The fourth-order valence-electron chi connectivity index (χ4n) is 2.19. The number of nitrogens with one attached hydrogen (secondary N) is 1. The van der Waals surface area contributed by atoms with Crippen molar-refractivity contribution >= 4 is 34.2 Å². The molecule has 0 aliphatic heterocycles. The first-order chi connectivity index (χ1) is 11.7. The number of para-hydroxylation sites is 1. The van der Waals surface area contributed by atoms with Gasteiger partial charge in [0.2, 0.25) is 0 Å². The molecule has 0 aliphatic carbocycles. The number of aryl methyl sites for hydroxylation is 1. The van der Waals surface area contributed by atoms with E-state index in [0.717, 1.165) is 15.9 Å². The molecule has 4 rings (SSSR count). The lowest BCUT2D eigenvalue weighted by Gasteiger charge is -2.02. The number of thiazole rings is 1. The monoisotopic (exact) mass is 337 g/mol. The van der Waals surface area contributed by atoms with Crippen LogP contribution >= 0.6 is 11.3 Å². The Bertz CT molecular complexity index is 1040. The largest absolute Gasteiger partial charge is 0.401 e. The zero-order valence-electron chi connectivity index (χ0n) is 12.6. The quantitative estimate of drug-likeness (QED) is 0.616. The molecule has 118 valence electrons. The number of hydrogen-bond acceptors (Lipinski definition) is 7. The normalized spacial score (nSPS) is 10.9. The van der Waals surface area contributed by atoms with Gasteiger partial charge in [0.15, 0.2) is 0 Å². The second-order valence-corrected chi connectivity index (χ2v) is 6.07. The summed E-state index contributed by atoms with van der Waals surface area (Å²) in [6.07, 6.45) is 0. The van der Waals surface area contributed by atoms with Crippen LogP contribution in [0.2, 0.25) is 0 Å². The number of carbonyl (C=O) groups is 1. The summed E-state index contributed by atoms with van der Waals surface area (Å²) in [5.74, 6) is -0.147. The van der Waals surface area contributed by atoms with Crippen molar-refractivity contribution in [1.29, 1.82) is 0 Å². The standard InChI is InChI=1S/C16H11N5O2S/c1-9-17-13(8-24-9)15-20-21-16(23-15)19-14(22)12-7-6-10-4-2-3-5-11(10)18-12/h2-8H,1H3,(H,19,21,22). The van der Waals surface area contributed by atoms with E-state index < -0.39 is 5.91 Å². The molecule has 3 aromatic heterocycles. The minimum atomic E-state index is -0.412.